The van der Waals surface area contributed by atoms with Gasteiger partial charge in [0.15, 0.2) is 11.5 Å². The molecular formula is C37H45NO8P2. The van der Waals surface area contributed by atoms with Crippen LogP contribution in [0.15, 0.2) is 103 Å². The van der Waals surface area contributed by atoms with E-state index in [1.807, 2.05) is 84.9 Å². The summed E-state index contributed by atoms with van der Waals surface area (Å²) in [5, 5.41) is 0. The molecule has 0 radical (unpaired) electrons. The summed E-state index contributed by atoms with van der Waals surface area (Å²) in [4.78, 5) is 13.3. The van der Waals surface area contributed by atoms with Crippen molar-refractivity contribution < 1.29 is 36.6 Å². The van der Waals surface area contributed by atoms with Gasteiger partial charge in [-0.1, -0.05) is 111 Å². The van der Waals surface area contributed by atoms with Crippen LogP contribution in [0, 0.1) is 0 Å². The summed E-state index contributed by atoms with van der Waals surface area (Å²) in [7, 11) is -8.97. The first-order valence-corrected chi connectivity index (χ1v) is 19.5. The fourth-order valence-corrected chi connectivity index (χ4v) is 7.83. The number of rotatable bonds is 18. The van der Waals surface area contributed by atoms with Crippen LogP contribution in [0.25, 0.3) is 0 Å². The summed E-state index contributed by atoms with van der Waals surface area (Å²) in [6.45, 7) is 6.15. The highest BCUT2D eigenvalue weighted by Gasteiger charge is 2.36. The van der Waals surface area contributed by atoms with Gasteiger partial charge >= 0.3 is 15.6 Å². The first-order valence-electron chi connectivity index (χ1n) is 16.5. The lowest BCUT2D eigenvalue weighted by atomic mass is 9.86. The molecule has 48 heavy (non-hydrogen) atoms. The Kier molecular flexibility index (Phi) is 13.1. The molecule has 0 aromatic heterocycles. The fourth-order valence-electron chi connectivity index (χ4n) is 5.85. The standard InChI is InChI=1S/C37H45NO8P2/c1-3-24-38(25-4-2)34-21-22-35-33(26-34)20-23-36(45-47(39,40)42-27-30-14-8-5-9-15-30)37(35)46-48(41,43-28-31-16-10-6-11-17-31)44-29-32-18-12-7-13-19-32/h5-20,23,34H,3-4,21-22,24-29H2,1-2H3,(H,39,40)/t34-/m0/s1. The minimum absolute atomic E-state index is 0.0398. The van der Waals surface area contributed by atoms with Crippen molar-refractivity contribution in [2.24, 2.45) is 0 Å². The molecule has 1 N–H and O–H groups in total. The number of hydrogen-bond donors (Lipinski definition) is 1. The number of phosphoric ester groups is 2. The largest absolute Gasteiger partial charge is 0.530 e. The maximum absolute atomic E-state index is 14.5. The molecule has 0 amide bonds. The van der Waals surface area contributed by atoms with E-state index in [9.17, 15) is 14.0 Å². The summed E-state index contributed by atoms with van der Waals surface area (Å²) in [6.07, 6.45) is 4.26. The second kappa shape index (κ2) is 17.4. The highest BCUT2D eigenvalue weighted by Crippen LogP contribution is 2.57. The zero-order chi connectivity index (χ0) is 33.8. The molecule has 256 valence electrons. The summed E-state index contributed by atoms with van der Waals surface area (Å²) >= 11 is 0. The average molecular weight is 694 g/mol. The number of phosphoric acid groups is 2. The quantitative estimate of drug-likeness (QED) is 0.102. The van der Waals surface area contributed by atoms with Crippen molar-refractivity contribution in [3.8, 4) is 11.5 Å². The molecule has 4 aromatic carbocycles. The molecule has 9 nitrogen and oxygen atoms in total. The van der Waals surface area contributed by atoms with Gasteiger partial charge in [0.2, 0.25) is 0 Å². The van der Waals surface area contributed by atoms with Gasteiger partial charge in [-0.25, -0.2) is 9.13 Å². The van der Waals surface area contributed by atoms with Gasteiger partial charge in [-0.15, -0.1) is 0 Å². The first kappa shape index (κ1) is 36.0. The summed E-state index contributed by atoms with van der Waals surface area (Å²) in [5.74, 6) is -0.0116. The molecule has 2 atom stereocenters. The minimum atomic E-state index is -4.64. The molecule has 1 aliphatic rings. The lowest BCUT2D eigenvalue weighted by Crippen LogP contribution is -2.40. The molecule has 11 heteroatoms. The smallest absolute Gasteiger partial charge is 0.400 e. The van der Waals surface area contributed by atoms with Gasteiger partial charge in [0, 0.05) is 11.6 Å². The van der Waals surface area contributed by atoms with Crippen LogP contribution in [0.4, 0.5) is 0 Å². The molecule has 0 saturated heterocycles. The van der Waals surface area contributed by atoms with E-state index >= 15 is 0 Å². The third-order valence-corrected chi connectivity index (χ3v) is 10.3. The Bertz CT molecular complexity index is 1620. The molecule has 0 spiro atoms. The fraction of sp³-hybridized carbons (Fsp3) is 0.351. The van der Waals surface area contributed by atoms with E-state index < -0.39 is 15.6 Å². The van der Waals surface area contributed by atoms with Crippen molar-refractivity contribution in [2.45, 2.75) is 71.8 Å². The summed E-state index contributed by atoms with van der Waals surface area (Å²) < 4.78 is 56.9. The Balaban J connectivity index is 1.47. The zero-order valence-electron chi connectivity index (χ0n) is 27.6. The van der Waals surface area contributed by atoms with Crippen molar-refractivity contribution in [3.05, 3.63) is 131 Å². The predicted molar refractivity (Wildman–Crippen MR) is 187 cm³/mol. The van der Waals surface area contributed by atoms with Crippen LogP contribution in [0.5, 0.6) is 11.5 Å². The van der Waals surface area contributed by atoms with Gasteiger partial charge in [0.05, 0.1) is 19.8 Å². The number of nitrogens with zero attached hydrogens (tertiary/aromatic N) is 1. The molecule has 0 bridgehead atoms. The van der Waals surface area contributed by atoms with Crippen molar-refractivity contribution in [1.29, 1.82) is 0 Å². The van der Waals surface area contributed by atoms with Crippen LogP contribution in [-0.4, -0.2) is 28.9 Å². The molecule has 4 aromatic rings. The molecule has 0 aliphatic heterocycles. The van der Waals surface area contributed by atoms with E-state index in [4.69, 9.17) is 22.6 Å². The van der Waals surface area contributed by atoms with E-state index in [0.717, 1.165) is 61.0 Å². The molecule has 0 heterocycles. The van der Waals surface area contributed by atoms with E-state index in [1.54, 1.807) is 18.2 Å². The SMILES string of the molecule is CCCN(CCC)[C@H]1CCc2c(ccc(OP(=O)(O)OCc3ccccc3)c2OP(=O)(OCc2ccccc2)OCc2ccccc2)C1. The number of fused-ring (bicyclic) bond motifs is 1. The molecular weight excluding hydrogens is 648 g/mol. The van der Waals surface area contributed by atoms with Crippen LogP contribution in [0.2, 0.25) is 0 Å². The van der Waals surface area contributed by atoms with E-state index in [1.165, 1.54) is 0 Å². The van der Waals surface area contributed by atoms with Gasteiger partial charge in [0.1, 0.15) is 0 Å². The summed E-state index contributed by atoms with van der Waals surface area (Å²) in [5.41, 5.74) is 3.99. The van der Waals surface area contributed by atoms with Crippen LogP contribution >= 0.6 is 15.6 Å². The summed E-state index contributed by atoms with van der Waals surface area (Å²) in [6, 6.07) is 31.5. The number of benzene rings is 4. The third kappa shape index (κ3) is 10.4. The second-order valence-electron chi connectivity index (χ2n) is 11.8. The Morgan fingerprint density at radius 3 is 1.69 bits per heavy atom. The Morgan fingerprint density at radius 2 is 1.19 bits per heavy atom. The van der Waals surface area contributed by atoms with Crippen molar-refractivity contribution in [1.82, 2.24) is 4.90 Å². The van der Waals surface area contributed by atoms with Gasteiger partial charge in [0.25, 0.3) is 0 Å². The highest BCUT2D eigenvalue weighted by molar-refractivity contribution is 7.49. The molecule has 5 rings (SSSR count). The minimum Gasteiger partial charge on any atom is -0.400 e. The molecule has 1 unspecified atom stereocenters. The van der Waals surface area contributed by atoms with Gasteiger partial charge < -0.3 is 13.9 Å². The van der Waals surface area contributed by atoms with Crippen LogP contribution in [0.1, 0.15) is 60.9 Å². The van der Waals surface area contributed by atoms with Crippen molar-refractivity contribution >= 4 is 15.6 Å². The highest BCUT2D eigenvalue weighted by atomic mass is 31.2. The molecule has 1 aliphatic carbocycles. The predicted octanol–water partition coefficient (Wildman–Crippen LogP) is 9.28. The Labute approximate surface area is 284 Å². The maximum Gasteiger partial charge on any atom is 0.530 e. The van der Waals surface area contributed by atoms with Gasteiger partial charge in [-0.3, -0.25) is 18.5 Å². The van der Waals surface area contributed by atoms with E-state index in [2.05, 4.69) is 18.7 Å². The van der Waals surface area contributed by atoms with Gasteiger partial charge in [-0.2, -0.15) is 0 Å². The third-order valence-electron chi connectivity index (χ3n) is 8.16. The number of hydrogen-bond acceptors (Lipinski definition) is 8. The van der Waals surface area contributed by atoms with Crippen molar-refractivity contribution in [2.75, 3.05) is 13.1 Å². The van der Waals surface area contributed by atoms with Crippen LogP contribution in [0.3, 0.4) is 0 Å². The molecule has 0 saturated carbocycles. The average Bonchev–Trinajstić information content (AvgIpc) is 3.11. The lowest BCUT2D eigenvalue weighted by molar-refractivity contribution is 0.140. The Hall–Kier alpha value is -3.26. The Morgan fingerprint density at radius 1 is 0.688 bits per heavy atom. The van der Waals surface area contributed by atoms with Crippen LogP contribution in [-0.2, 0) is 55.4 Å². The maximum atomic E-state index is 14.5. The topological polar surface area (TPSA) is 104 Å². The van der Waals surface area contributed by atoms with E-state index in [0.29, 0.717) is 18.0 Å². The van der Waals surface area contributed by atoms with E-state index in [-0.39, 0.29) is 31.3 Å². The zero-order valence-corrected chi connectivity index (χ0v) is 29.4. The second-order valence-corrected chi connectivity index (χ2v) is 14.8. The molecule has 0 fully saturated rings. The van der Waals surface area contributed by atoms with Crippen LogP contribution < -0.4 is 9.05 Å². The monoisotopic (exact) mass is 693 g/mol. The van der Waals surface area contributed by atoms with Crippen molar-refractivity contribution in [3.63, 3.8) is 0 Å². The lowest BCUT2D eigenvalue weighted by Gasteiger charge is -2.36. The normalized spacial score (nSPS) is 15.9. The first-order chi connectivity index (χ1) is 23.3. The van der Waals surface area contributed by atoms with Gasteiger partial charge in [-0.05, 0) is 73.5 Å².